The standard InChI is InChI=1S/C38H71NO5S/c1-3-5-7-9-11-13-15-17-18-19-20-21-22-23-25-27-29-31-33-37(40)36(35-45(42,43)44)39-38(41)34-32-30-28-26-24-16-14-12-10-8-6-4-2/h19-20,23,25,31,33,36-37,40H,3-18,21-22,24,26-30,32,34-35H2,1-2H3,(H,39,41)(H,42,43,44)/b20-19+,25-23+,33-31+. The van der Waals surface area contributed by atoms with Crippen molar-refractivity contribution >= 4 is 16.0 Å². The van der Waals surface area contributed by atoms with Gasteiger partial charge in [-0.1, -0.05) is 166 Å². The highest BCUT2D eigenvalue weighted by Crippen LogP contribution is 2.13. The Morgan fingerprint density at radius 1 is 0.578 bits per heavy atom. The van der Waals surface area contributed by atoms with Gasteiger partial charge in [0.15, 0.2) is 0 Å². The summed E-state index contributed by atoms with van der Waals surface area (Å²) in [5.41, 5.74) is 0. The minimum atomic E-state index is -4.35. The van der Waals surface area contributed by atoms with Gasteiger partial charge in [-0.3, -0.25) is 9.35 Å². The lowest BCUT2D eigenvalue weighted by Gasteiger charge is -2.21. The number of aliphatic hydroxyl groups is 1. The molecule has 0 aliphatic heterocycles. The van der Waals surface area contributed by atoms with Crippen molar-refractivity contribution in [3.63, 3.8) is 0 Å². The molecule has 6 nitrogen and oxygen atoms in total. The van der Waals surface area contributed by atoms with Gasteiger partial charge in [0, 0.05) is 6.42 Å². The molecule has 0 aliphatic rings. The second-order valence-electron chi connectivity index (χ2n) is 12.8. The minimum Gasteiger partial charge on any atom is -0.387 e. The third-order valence-corrected chi connectivity index (χ3v) is 9.08. The number of rotatable bonds is 33. The molecule has 0 bridgehead atoms. The summed E-state index contributed by atoms with van der Waals surface area (Å²) in [4.78, 5) is 12.4. The van der Waals surface area contributed by atoms with E-state index in [9.17, 15) is 22.9 Å². The summed E-state index contributed by atoms with van der Waals surface area (Å²) in [6.07, 6.45) is 41.3. The Kier molecular flexibility index (Phi) is 31.5. The van der Waals surface area contributed by atoms with Gasteiger partial charge in [-0.25, -0.2) is 0 Å². The van der Waals surface area contributed by atoms with Crippen LogP contribution in [0.25, 0.3) is 0 Å². The number of nitrogens with one attached hydrogen (secondary N) is 1. The molecule has 7 heteroatoms. The molecule has 0 aromatic rings. The Labute approximate surface area is 278 Å². The Balaban J connectivity index is 4.06. The van der Waals surface area contributed by atoms with Gasteiger partial charge in [0.1, 0.15) is 0 Å². The number of allylic oxidation sites excluding steroid dienone is 5. The smallest absolute Gasteiger partial charge is 0.267 e. The molecule has 3 N–H and O–H groups in total. The van der Waals surface area contributed by atoms with Crippen molar-refractivity contribution in [1.29, 1.82) is 0 Å². The van der Waals surface area contributed by atoms with Crippen LogP contribution >= 0.6 is 0 Å². The predicted octanol–water partition coefficient (Wildman–Crippen LogP) is 10.6. The van der Waals surface area contributed by atoms with E-state index in [1.807, 2.05) is 0 Å². The maximum absolute atomic E-state index is 12.4. The largest absolute Gasteiger partial charge is 0.387 e. The average molecular weight is 654 g/mol. The summed E-state index contributed by atoms with van der Waals surface area (Å²) in [5.74, 6) is -1.01. The van der Waals surface area contributed by atoms with E-state index in [-0.39, 0.29) is 12.3 Å². The van der Waals surface area contributed by atoms with Crippen molar-refractivity contribution in [2.75, 3.05) is 5.75 Å². The molecule has 0 saturated carbocycles. The molecule has 0 spiro atoms. The van der Waals surface area contributed by atoms with Crippen LogP contribution in [0, 0.1) is 0 Å². The van der Waals surface area contributed by atoms with Gasteiger partial charge in [0.2, 0.25) is 5.91 Å². The summed E-state index contributed by atoms with van der Waals surface area (Å²) < 4.78 is 32.3. The van der Waals surface area contributed by atoms with Crippen LogP contribution in [-0.4, -0.2) is 41.9 Å². The van der Waals surface area contributed by atoms with Crippen LogP contribution < -0.4 is 5.32 Å². The van der Waals surface area contributed by atoms with E-state index in [2.05, 4.69) is 43.5 Å². The lowest BCUT2D eigenvalue weighted by Crippen LogP contribution is -2.46. The van der Waals surface area contributed by atoms with Gasteiger partial charge in [-0.2, -0.15) is 8.42 Å². The van der Waals surface area contributed by atoms with Crippen molar-refractivity contribution < 1.29 is 22.9 Å². The summed E-state index contributed by atoms with van der Waals surface area (Å²) in [5, 5.41) is 13.1. The van der Waals surface area contributed by atoms with Crippen LogP contribution in [0.2, 0.25) is 0 Å². The number of carbonyl (C=O) groups excluding carboxylic acids is 1. The zero-order valence-electron chi connectivity index (χ0n) is 29.2. The normalized spacial score (nSPS) is 13.8. The molecule has 0 radical (unpaired) electrons. The Hall–Kier alpha value is -1.44. The molecule has 2 unspecified atom stereocenters. The highest BCUT2D eigenvalue weighted by Gasteiger charge is 2.24. The van der Waals surface area contributed by atoms with E-state index in [0.29, 0.717) is 6.42 Å². The Morgan fingerprint density at radius 2 is 0.956 bits per heavy atom. The lowest BCUT2D eigenvalue weighted by atomic mass is 10.0. The molecule has 0 fully saturated rings. The molecular formula is C38H71NO5S. The van der Waals surface area contributed by atoms with E-state index < -0.39 is 28.0 Å². The first-order valence-corrected chi connectivity index (χ1v) is 20.3. The molecule has 0 aromatic heterocycles. The SMILES string of the molecule is CCCCCCCCCC/C=C/CC/C=C/CC/C=C/C(O)C(CS(=O)(=O)O)NC(=O)CCCCCCCCCCCCCC. The molecule has 2 atom stereocenters. The minimum absolute atomic E-state index is 0.287. The number of unbranched alkanes of at least 4 members (excludes halogenated alkanes) is 21. The van der Waals surface area contributed by atoms with Crippen molar-refractivity contribution in [3.05, 3.63) is 36.5 Å². The fraction of sp³-hybridized carbons (Fsp3) is 0.816. The monoisotopic (exact) mass is 654 g/mol. The van der Waals surface area contributed by atoms with Gasteiger partial charge in [-0.15, -0.1) is 0 Å². The number of hydrogen-bond donors (Lipinski definition) is 3. The average Bonchev–Trinajstić information content (AvgIpc) is 3.00. The quantitative estimate of drug-likeness (QED) is 0.0371. The molecule has 0 rings (SSSR count). The predicted molar refractivity (Wildman–Crippen MR) is 193 cm³/mol. The summed E-state index contributed by atoms with van der Waals surface area (Å²) in [7, 11) is -4.35. The van der Waals surface area contributed by atoms with E-state index in [0.717, 1.165) is 38.5 Å². The number of aliphatic hydroxyl groups excluding tert-OH is 1. The van der Waals surface area contributed by atoms with Crippen molar-refractivity contribution in [3.8, 4) is 0 Å². The van der Waals surface area contributed by atoms with E-state index in [1.165, 1.54) is 122 Å². The van der Waals surface area contributed by atoms with E-state index in [4.69, 9.17) is 0 Å². The van der Waals surface area contributed by atoms with Crippen molar-refractivity contribution in [2.24, 2.45) is 0 Å². The fourth-order valence-electron chi connectivity index (χ4n) is 5.48. The maximum atomic E-state index is 12.4. The van der Waals surface area contributed by atoms with Gasteiger partial charge in [0.25, 0.3) is 10.1 Å². The number of hydrogen-bond acceptors (Lipinski definition) is 4. The van der Waals surface area contributed by atoms with Gasteiger partial charge < -0.3 is 10.4 Å². The third kappa shape index (κ3) is 33.7. The molecule has 0 heterocycles. The molecule has 0 saturated heterocycles. The van der Waals surface area contributed by atoms with Crippen LogP contribution in [0.15, 0.2) is 36.5 Å². The third-order valence-electron chi connectivity index (χ3n) is 8.30. The number of carbonyl (C=O) groups is 1. The molecular weight excluding hydrogens is 582 g/mol. The highest BCUT2D eigenvalue weighted by atomic mass is 32.2. The highest BCUT2D eigenvalue weighted by molar-refractivity contribution is 7.85. The summed E-state index contributed by atoms with van der Waals surface area (Å²) in [6.45, 7) is 4.50. The van der Waals surface area contributed by atoms with Crippen molar-refractivity contribution in [1.82, 2.24) is 5.32 Å². The van der Waals surface area contributed by atoms with E-state index in [1.54, 1.807) is 6.08 Å². The first-order valence-electron chi connectivity index (χ1n) is 18.7. The molecule has 1 amide bonds. The topological polar surface area (TPSA) is 104 Å². The van der Waals surface area contributed by atoms with Gasteiger partial charge in [0.05, 0.1) is 17.9 Å². The zero-order valence-corrected chi connectivity index (χ0v) is 30.1. The van der Waals surface area contributed by atoms with Gasteiger partial charge in [-0.05, 0) is 44.9 Å². The molecule has 264 valence electrons. The first kappa shape index (κ1) is 43.6. The fourth-order valence-corrected chi connectivity index (χ4v) is 6.21. The zero-order chi connectivity index (χ0) is 33.3. The number of amides is 1. The summed E-state index contributed by atoms with van der Waals surface area (Å²) in [6, 6.07) is -1.07. The Morgan fingerprint density at radius 3 is 1.40 bits per heavy atom. The molecule has 0 aliphatic carbocycles. The van der Waals surface area contributed by atoms with Crippen molar-refractivity contribution in [2.45, 2.75) is 193 Å². The second-order valence-corrected chi connectivity index (χ2v) is 14.3. The lowest BCUT2D eigenvalue weighted by molar-refractivity contribution is -0.122. The Bertz CT molecular complexity index is 852. The van der Waals surface area contributed by atoms with Crippen LogP contribution in [0.5, 0.6) is 0 Å². The van der Waals surface area contributed by atoms with Gasteiger partial charge >= 0.3 is 0 Å². The van der Waals surface area contributed by atoms with Crippen LogP contribution in [0.1, 0.15) is 181 Å². The van der Waals surface area contributed by atoms with E-state index >= 15 is 0 Å². The molecule has 0 aromatic carbocycles. The first-order chi connectivity index (χ1) is 21.8. The maximum Gasteiger partial charge on any atom is 0.267 e. The van der Waals surface area contributed by atoms with Crippen LogP contribution in [0.3, 0.4) is 0 Å². The van der Waals surface area contributed by atoms with Crippen LogP contribution in [-0.2, 0) is 14.9 Å². The second kappa shape index (κ2) is 32.5. The summed E-state index contributed by atoms with van der Waals surface area (Å²) >= 11 is 0. The molecule has 45 heavy (non-hydrogen) atoms. The van der Waals surface area contributed by atoms with Crippen LogP contribution in [0.4, 0.5) is 0 Å².